The summed E-state index contributed by atoms with van der Waals surface area (Å²) >= 11 is 0. The van der Waals surface area contributed by atoms with Gasteiger partial charge in [-0.2, -0.15) is 5.10 Å². The van der Waals surface area contributed by atoms with Gasteiger partial charge in [0.15, 0.2) is 5.82 Å². The lowest BCUT2D eigenvalue weighted by atomic mass is 10.0. The zero-order chi connectivity index (χ0) is 19.8. The van der Waals surface area contributed by atoms with E-state index in [2.05, 4.69) is 43.3 Å². The average Bonchev–Trinajstić information content (AvgIpc) is 3.36. The normalized spacial score (nSPS) is 11.8. The standard InChI is InChI=1S/C23H19N5O/c1-14-15(5-4-10-29)11-17(13-24-14)16-8-9-19-18(12-16)22(28-27-19)23-25-20-6-2-3-7-21(20)26-23/h2-9,11-13,29H,10H2,1H3,(H,25,26)(H,27,28)/b5-4+. The van der Waals surface area contributed by atoms with Gasteiger partial charge in [0, 0.05) is 22.8 Å². The fourth-order valence-electron chi connectivity index (χ4n) is 3.50. The lowest BCUT2D eigenvalue weighted by Gasteiger charge is -2.06. The Labute approximate surface area is 167 Å². The van der Waals surface area contributed by atoms with Gasteiger partial charge in [0.2, 0.25) is 0 Å². The molecule has 0 aliphatic heterocycles. The number of aryl methyl sites for hydroxylation is 1. The van der Waals surface area contributed by atoms with Gasteiger partial charge in [-0.15, -0.1) is 0 Å². The molecule has 6 heteroatoms. The van der Waals surface area contributed by atoms with Gasteiger partial charge in [-0.3, -0.25) is 10.1 Å². The van der Waals surface area contributed by atoms with Gasteiger partial charge < -0.3 is 10.1 Å². The molecular formula is C23H19N5O. The van der Waals surface area contributed by atoms with E-state index in [1.165, 1.54) is 0 Å². The number of hydrogen-bond acceptors (Lipinski definition) is 4. The van der Waals surface area contributed by atoms with E-state index in [4.69, 9.17) is 5.11 Å². The molecular weight excluding hydrogens is 362 g/mol. The maximum atomic E-state index is 9.06. The number of H-pyrrole nitrogens is 2. The summed E-state index contributed by atoms with van der Waals surface area (Å²) in [5.41, 5.74) is 7.60. The van der Waals surface area contributed by atoms with Gasteiger partial charge in [0.25, 0.3) is 0 Å². The van der Waals surface area contributed by atoms with E-state index >= 15 is 0 Å². The predicted molar refractivity (Wildman–Crippen MR) is 115 cm³/mol. The fraction of sp³-hybridized carbons (Fsp3) is 0.0870. The monoisotopic (exact) mass is 381 g/mol. The highest BCUT2D eigenvalue weighted by Crippen LogP contribution is 2.30. The van der Waals surface area contributed by atoms with Crippen LogP contribution in [-0.2, 0) is 0 Å². The third-order valence-electron chi connectivity index (χ3n) is 5.04. The summed E-state index contributed by atoms with van der Waals surface area (Å²) in [5.74, 6) is 0.739. The van der Waals surface area contributed by atoms with Crippen molar-refractivity contribution in [3.05, 3.63) is 72.1 Å². The van der Waals surface area contributed by atoms with Crippen LogP contribution in [0, 0.1) is 6.92 Å². The highest BCUT2D eigenvalue weighted by Gasteiger charge is 2.13. The Hall–Kier alpha value is -3.77. The summed E-state index contributed by atoms with van der Waals surface area (Å²) in [7, 11) is 0. The molecule has 0 amide bonds. The summed E-state index contributed by atoms with van der Waals surface area (Å²) in [5, 5.41) is 17.6. The Morgan fingerprint density at radius 3 is 2.79 bits per heavy atom. The number of hydrogen-bond donors (Lipinski definition) is 3. The van der Waals surface area contributed by atoms with Crippen LogP contribution in [0.4, 0.5) is 0 Å². The van der Waals surface area contributed by atoms with Crippen molar-refractivity contribution < 1.29 is 5.11 Å². The van der Waals surface area contributed by atoms with Crippen LogP contribution in [0.2, 0.25) is 0 Å². The second-order valence-corrected chi connectivity index (χ2v) is 6.92. The number of benzene rings is 2. The molecule has 0 saturated heterocycles. The quantitative estimate of drug-likeness (QED) is 0.428. The number of aliphatic hydroxyl groups is 1. The van der Waals surface area contributed by atoms with Crippen molar-refractivity contribution in [2.45, 2.75) is 6.92 Å². The van der Waals surface area contributed by atoms with E-state index in [-0.39, 0.29) is 6.61 Å². The van der Waals surface area contributed by atoms with E-state index in [9.17, 15) is 0 Å². The summed E-state index contributed by atoms with van der Waals surface area (Å²) in [4.78, 5) is 12.5. The van der Waals surface area contributed by atoms with Crippen LogP contribution in [0.3, 0.4) is 0 Å². The molecule has 6 nitrogen and oxygen atoms in total. The number of para-hydroxylation sites is 2. The van der Waals surface area contributed by atoms with Crippen molar-refractivity contribution in [3.8, 4) is 22.6 Å². The first-order valence-electron chi connectivity index (χ1n) is 9.40. The van der Waals surface area contributed by atoms with Crippen LogP contribution in [0.25, 0.3) is 50.7 Å². The molecule has 3 heterocycles. The number of nitrogens with zero attached hydrogens (tertiary/aromatic N) is 3. The molecule has 0 bridgehead atoms. The molecule has 0 unspecified atom stereocenters. The zero-order valence-corrected chi connectivity index (χ0v) is 15.8. The van der Waals surface area contributed by atoms with Gasteiger partial charge in [0.05, 0.1) is 23.2 Å². The molecule has 3 N–H and O–H groups in total. The van der Waals surface area contributed by atoms with Crippen molar-refractivity contribution >= 4 is 28.0 Å². The molecule has 0 saturated carbocycles. The Balaban J connectivity index is 1.62. The number of aliphatic hydroxyl groups excluding tert-OH is 1. The Morgan fingerprint density at radius 2 is 1.93 bits per heavy atom. The zero-order valence-electron chi connectivity index (χ0n) is 15.8. The first-order chi connectivity index (χ1) is 14.2. The average molecular weight is 381 g/mol. The Bertz CT molecular complexity index is 1330. The van der Waals surface area contributed by atoms with Crippen molar-refractivity contribution in [2.24, 2.45) is 0 Å². The number of pyridine rings is 1. The molecule has 0 radical (unpaired) electrons. The number of nitrogens with one attached hydrogen (secondary N) is 2. The SMILES string of the molecule is Cc1ncc(-c2ccc3[nH]nc(-c4nc5ccccc5[nH]4)c3c2)cc1/C=C/CO. The smallest absolute Gasteiger partial charge is 0.159 e. The third kappa shape index (κ3) is 3.09. The summed E-state index contributed by atoms with van der Waals surface area (Å²) in [6.45, 7) is 1.96. The highest BCUT2D eigenvalue weighted by molar-refractivity contribution is 5.95. The van der Waals surface area contributed by atoms with Crippen LogP contribution in [-0.4, -0.2) is 36.9 Å². The van der Waals surface area contributed by atoms with Crippen LogP contribution in [0.1, 0.15) is 11.3 Å². The first kappa shape index (κ1) is 17.3. The van der Waals surface area contributed by atoms with Crippen LogP contribution in [0.5, 0.6) is 0 Å². The van der Waals surface area contributed by atoms with Gasteiger partial charge in [0.1, 0.15) is 5.69 Å². The predicted octanol–water partition coefficient (Wildman–Crippen LogP) is 4.48. The summed E-state index contributed by atoms with van der Waals surface area (Å²) in [6, 6.07) is 16.2. The van der Waals surface area contributed by atoms with Gasteiger partial charge in [-0.1, -0.05) is 30.4 Å². The maximum Gasteiger partial charge on any atom is 0.159 e. The number of fused-ring (bicyclic) bond motifs is 2. The second-order valence-electron chi connectivity index (χ2n) is 6.92. The third-order valence-corrected chi connectivity index (χ3v) is 5.04. The number of aromatic amines is 2. The number of imidazole rings is 1. The fourth-order valence-corrected chi connectivity index (χ4v) is 3.50. The summed E-state index contributed by atoms with van der Waals surface area (Å²) in [6.07, 6.45) is 5.47. The summed E-state index contributed by atoms with van der Waals surface area (Å²) < 4.78 is 0. The molecule has 3 aromatic heterocycles. The largest absolute Gasteiger partial charge is 0.392 e. The van der Waals surface area contributed by atoms with Gasteiger partial charge in [-0.25, -0.2) is 4.98 Å². The van der Waals surface area contributed by atoms with Crippen molar-refractivity contribution in [2.75, 3.05) is 6.61 Å². The topological polar surface area (TPSA) is 90.5 Å². The van der Waals surface area contributed by atoms with Crippen LogP contribution >= 0.6 is 0 Å². The number of rotatable bonds is 4. The van der Waals surface area contributed by atoms with E-state index < -0.39 is 0 Å². The minimum Gasteiger partial charge on any atom is -0.392 e. The van der Waals surface area contributed by atoms with E-state index in [1.807, 2.05) is 49.5 Å². The minimum atomic E-state index is 0.00546. The maximum absolute atomic E-state index is 9.06. The lowest BCUT2D eigenvalue weighted by Crippen LogP contribution is -1.89. The van der Waals surface area contributed by atoms with E-state index in [0.29, 0.717) is 0 Å². The Morgan fingerprint density at radius 1 is 1.03 bits per heavy atom. The molecule has 0 fully saturated rings. The van der Waals surface area contributed by atoms with Crippen LogP contribution < -0.4 is 0 Å². The number of aromatic nitrogens is 5. The van der Waals surface area contributed by atoms with Crippen molar-refractivity contribution in [3.63, 3.8) is 0 Å². The molecule has 2 aromatic carbocycles. The molecule has 0 aliphatic carbocycles. The second kappa shape index (κ2) is 7.00. The molecule has 142 valence electrons. The highest BCUT2D eigenvalue weighted by atomic mass is 16.2. The molecule has 5 rings (SSSR count). The molecule has 0 aliphatic rings. The van der Waals surface area contributed by atoms with Crippen LogP contribution in [0.15, 0.2) is 60.8 Å². The first-order valence-corrected chi connectivity index (χ1v) is 9.40. The van der Waals surface area contributed by atoms with Crippen molar-refractivity contribution in [1.82, 2.24) is 25.1 Å². The van der Waals surface area contributed by atoms with Gasteiger partial charge in [-0.05, 0) is 48.4 Å². The minimum absolute atomic E-state index is 0.00546. The van der Waals surface area contributed by atoms with Gasteiger partial charge >= 0.3 is 0 Å². The van der Waals surface area contributed by atoms with Crippen molar-refractivity contribution in [1.29, 1.82) is 0 Å². The lowest BCUT2D eigenvalue weighted by molar-refractivity contribution is 0.343. The molecule has 29 heavy (non-hydrogen) atoms. The Kier molecular flexibility index (Phi) is 4.18. The van der Waals surface area contributed by atoms with E-state index in [1.54, 1.807) is 6.08 Å². The van der Waals surface area contributed by atoms with E-state index in [0.717, 1.165) is 55.8 Å². The molecule has 0 atom stereocenters. The molecule has 5 aromatic rings. The molecule has 0 spiro atoms.